The number of nitrogens with zero attached hydrogens (tertiary/aromatic N) is 1. The van der Waals surface area contributed by atoms with Gasteiger partial charge < -0.3 is 15.4 Å². The Morgan fingerprint density at radius 1 is 1.14 bits per heavy atom. The first-order chi connectivity index (χ1) is 16.7. The third-order valence-corrected chi connectivity index (χ3v) is 7.06. The molecule has 0 radical (unpaired) electrons. The van der Waals surface area contributed by atoms with Crippen molar-refractivity contribution < 1.29 is 19.1 Å². The monoisotopic (exact) mass is 491 g/mol. The number of para-hydroxylation sites is 1. The molecular weight excluding hydrogens is 462 g/mol. The molecule has 2 aromatic rings. The highest BCUT2D eigenvalue weighted by molar-refractivity contribution is 8.03. The van der Waals surface area contributed by atoms with Gasteiger partial charge in [0.15, 0.2) is 0 Å². The number of aryl methyl sites for hydroxylation is 2. The highest BCUT2D eigenvalue weighted by Crippen LogP contribution is 2.40. The first-order valence-corrected chi connectivity index (χ1v) is 12.3. The lowest BCUT2D eigenvalue weighted by Crippen LogP contribution is -2.44. The lowest BCUT2D eigenvalue weighted by molar-refractivity contribution is -0.150. The highest BCUT2D eigenvalue weighted by atomic mass is 32.2. The molecule has 0 saturated heterocycles. The molecule has 0 saturated carbocycles. The number of esters is 1. The van der Waals surface area contributed by atoms with Gasteiger partial charge in [0.05, 0.1) is 29.5 Å². The van der Waals surface area contributed by atoms with Crippen LogP contribution in [0, 0.1) is 31.1 Å². The van der Waals surface area contributed by atoms with Crippen LogP contribution >= 0.6 is 11.8 Å². The number of methoxy groups -OCH3 is 1. The summed E-state index contributed by atoms with van der Waals surface area (Å²) < 4.78 is 4.89. The number of benzene rings is 2. The second-order valence-electron chi connectivity index (χ2n) is 8.75. The van der Waals surface area contributed by atoms with Gasteiger partial charge in [0.25, 0.3) is 0 Å². The normalized spacial score (nSPS) is 17.6. The summed E-state index contributed by atoms with van der Waals surface area (Å²) in [5.74, 6) is -3.27. The molecule has 2 amide bonds. The molecule has 2 N–H and O–H groups in total. The van der Waals surface area contributed by atoms with Crippen LogP contribution in [0.4, 0.5) is 5.69 Å². The van der Waals surface area contributed by atoms with E-state index >= 15 is 0 Å². The van der Waals surface area contributed by atoms with Gasteiger partial charge in [0.2, 0.25) is 11.8 Å². The average molecular weight is 492 g/mol. The zero-order chi connectivity index (χ0) is 25.7. The minimum Gasteiger partial charge on any atom is -0.468 e. The van der Waals surface area contributed by atoms with Crippen molar-refractivity contribution in [3.05, 3.63) is 75.3 Å². The van der Waals surface area contributed by atoms with Crippen LogP contribution in [0.25, 0.3) is 0 Å². The van der Waals surface area contributed by atoms with E-state index in [2.05, 4.69) is 30.6 Å². The third kappa shape index (κ3) is 5.75. The van der Waals surface area contributed by atoms with Gasteiger partial charge in [0.1, 0.15) is 5.92 Å². The van der Waals surface area contributed by atoms with Gasteiger partial charge in [-0.3, -0.25) is 14.4 Å². The topological polar surface area (TPSA) is 108 Å². The number of ether oxygens (including phenoxy) is 1. The maximum atomic E-state index is 13.0. The van der Waals surface area contributed by atoms with Gasteiger partial charge in [-0.15, -0.1) is 0 Å². The van der Waals surface area contributed by atoms with Crippen LogP contribution in [0.5, 0.6) is 0 Å². The fourth-order valence-electron chi connectivity index (χ4n) is 4.09. The third-order valence-electron chi connectivity index (χ3n) is 6.04. The fourth-order valence-corrected chi connectivity index (χ4v) is 4.94. The molecule has 0 fully saturated rings. The van der Waals surface area contributed by atoms with Crippen molar-refractivity contribution in [3.8, 4) is 6.07 Å². The number of hydrogen-bond acceptors (Lipinski definition) is 6. The number of rotatable bonds is 7. The van der Waals surface area contributed by atoms with Crippen molar-refractivity contribution in [2.75, 3.05) is 18.2 Å². The Hall–Kier alpha value is -3.57. The van der Waals surface area contributed by atoms with Crippen molar-refractivity contribution in [1.29, 1.82) is 5.26 Å². The quantitative estimate of drug-likeness (QED) is 0.435. The van der Waals surface area contributed by atoms with Crippen LogP contribution in [0.15, 0.2) is 53.1 Å². The number of anilines is 1. The minimum absolute atomic E-state index is 0.0174. The van der Waals surface area contributed by atoms with E-state index in [0.717, 1.165) is 34.1 Å². The molecule has 182 valence electrons. The van der Waals surface area contributed by atoms with Crippen LogP contribution < -0.4 is 10.6 Å². The summed E-state index contributed by atoms with van der Waals surface area (Å²) in [5.41, 5.74) is 4.61. The summed E-state index contributed by atoms with van der Waals surface area (Å²) in [4.78, 5) is 38.2. The number of hydrogen-bond donors (Lipinski definition) is 2. The van der Waals surface area contributed by atoms with Gasteiger partial charge >= 0.3 is 5.97 Å². The van der Waals surface area contributed by atoms with Gasteiger partial charge in [0, 0.05) is 11.6 Å². The molecule has 1 heterocycles. The van der Waals surface area contributed by atoms with E-state index in [0.29, 0.717) is 11.5 Å². The summed E-state index contributed by atoms with van der Waals surface area (Å²) in [7, 11) is 1.21. The Balaban J connectivity index is 1.92. The maximum Gasteiger partial charge on any atom is 0.319 e. The predicted molar refractivity (Wildman–Crippen MR) is 137 cm³/mol. The average Bonchev–Trinajstić information content (AvgIpc) is 2.84. The molecule has 0 bridgehead atoms. The molecule has 2 atom stereocenters. The van der Waals surface area contributed by atoms with E-state index in [-0.39, 0.29) is 22.3 Å². The molecule has 3 rings (SSSR count). The number of nitriles is 1. The van der Waals surface area contributed by atoms with Crippen LogP contribution in [-0.2, 0) is 19.1 Å². The van der Waals surface area contributed by atoms with Crippen molar-refractivity contribution >= 4 is 35.2 Å². The molecule has 1 aliphatic heterocycles. The highest BCUT2D eigenvalue weighted by Gasteiger charge is 2.44. The van der Waals surface area contributed by atoms with E-state index in [1.165, 1.54) is 7.11 Å². The molecule has 0 spiro atoms. The van der Waals surface area contributed by atoms with Crippen molar-refractivity contribution in [2.24, 2.45) is 5.92 Å². The van der Waals surface area contributed by atoms with Crippen LogP contribution in [0.2, 0.25) is 0 Å². The van der Waals surface area contributed by atoms with Gasteiger partial charge in [-0.05, 0) is 42.0 Å². The smallest absolute Gasteiger partial charge is 0.319 e. The van der Waals surface area contributed by atoms with Gasteiger partial charge in [-0.1, -0.05) is 68.1 Å². The first-order valence-electron chi connectivity index (χ1n) is 11.3. The van der Waals surface area contributed by atoms with Crippen molar-refractivity contribution in [1.82, 2.24) is 5.32 Å². The minimum atomic E-state index is -1.20. The van der Waals surface area contributed by atoms with E-state index in [1.54, 1.807) is 0 Å². The molecule has 7 nitrogen and oxygen atoms in total. The van der Waals surface area contributed by atoms with E-state index in [1.807, 2.05) is 56.3 Å². The molecule has 2 aromatic carbocycles. The zero-order valence-electron chi connectivity index (χ0n) is 20.5. The second-order valence-corrected chi connectivity index (χ2v) is 9.73. The number of carbonyl (C=O) groups is 3. The van der Waals surface area contributed by atoms with E-state index in [4.69, 9.17) is 4.74 Å². The Morgan fingerprint density at radius 2 is 1.77 bits per heavy atom. The largest absolute Gasteiger partial charge is 0.468 e. The first kappa shape index (κ1) is 26.0. The van der Waals surface area contributed by atoms with Crippen molar-refractivity contribution in [3.63, 3.8) is 0 Å². The predicted octanol–water partition coefficient (Wildman–Crippen LogP) is 4.54. The number of carbonyl (C=O) groups excluding carboxylic acids is 3. The summed E-state index contributed by atoms with van der Waals surface area (Å²) in [6, 6.07) is 15.4. The summed E-state index contributed by atoms with van der Waals surface area (Å²) in [6.07, 6.45) is 0. The molecule has 8 heteroatoms. The molecule has 2 unspecified atom stereocenters. The number of amides is 2. The lowest BCUT2D eigenvalue weighted by Gasteiger charge is -2.31. The Kier molecular flexibility index (Phi) is 8.36. The fraction of sp³-hybridized carbons (Fsp3) is 0.333. The van der Waals surface area contributed by atoms with Crippen molar-refractivity contribution in [2.45, 2.75) is 39.5 Å². The number of nitrogens with one attached hydrogen (secondary N) is 2. The lowest BCUT2D eigenvalue weighted by atomic mass is 9.78. The molecule has 0 aliphatic carbocycles. The Bertz CT molecular complexity index is 1190. The number of allylic oxidation sites excluding steroid dienone is 1. The summed E-state index contributed by atoms with van der Waals surface area (Å²) >= 11 is 1.06. The van der Waals surface area contributed by atoms with Crippen LogP contribution in [0.1, 0.15) is 47.9 Å². The summed E-state index contributed by atoms with van der Waals surface area (Å²) in [6.45, 7) is 7.96. The zero-order valence-corrected chi connectivity index (χ0v) is 21.3. The van der Waals surface area contributed by atoms with Crippen LogP contribution in [0.3, 0.4) is 0 Å². The van der Waals surface area contributed by atoms with Crippen LogP contribution in [-0.4, -0.2) is 30.6 Å². The molecule has 1 aliphatic rings. The number of thioether (sulfide) groups is 1. The maximum absolute atomic E-state index is 13.0. The Morgan fingerprint density at radius 3 is 2.31 bits per heavy atom. The SMILES string of the molecule is COC(=O)C1C(=O)NC(SCC(=O)Nc2c(C)cccc2C)=C(C#N)C1c1ccc(C(C)C)cc1. The molecule has 35 heavy (non-hydrogen) atoms. The molecule has 0 aromatic heterocycles. The van der Waals surface area contributed by atoms with E-state index in [9.17, 15) is 19.6 Å². The second kappa shape index (κ2) is 11.2. The van der Waals surface area contributed by atoms with Gasteiger partial charge in [-0.25, -0.2) is 0 Å². The summed E-state index contributed by atoms with van der Waals surface area (Å²) in [5, 5.41) is 15.9. The standard InChI is InChI=1S/C27H29N3O4S/c1-15(2)18-9-11-19(12-10-18)22-20(13-28)26(30-25(32)23(22)27(33)34-5)35-14-21(31)29-24-16(3)7-6-8-17(24)4/h6-12,15,22-23H,14H2,1-5H3,(H,29,31)(H,30,32). The molecular formula is C27H29N3O4S. The van der Waals surface area contributed by atoms with E-state index < -0.39 is 23.7 Å². The van der Waals surface area contributed by atoms with Gasteiger partial charge in [-0.2, -0.15) is 5.26 Å². The Labute approximate surface area is 209 Å².